The molecule has 16 heavy (non-hydrogen) atoms. The van der Waals surface area contributed by atoms with Crippen molar-refractivity contribution in [1.82, 2.24) is 4.98 Å². The van der Waals surface area contributed by atoms with Crippen LogP contribution in [0, 0.1) is 6.92 Å². The van der Waals surface area contributed by atoms with Gasteiger partial charge in [0.25, 0.3) is 0 Å². The summed E-state index contributed by atoms with van der Waals surface area (Å²) in [7, 11) is 0. The molecule has 0 atom stereocenters. The molecular formula is C13H16N2S. The zero-order valence-corrected chi connectivity index (χ0v) is 10.5. The number of thiazole rings is 1. The second-order valence-electron chi connectivity index (χ2n) is 3.75. The molecular weight excluding hydrogens is 216 g/mol. The van der Waals surface area contributed by atoms with Gasteiger partial charge in [0, 0.05) is 24.2 Å². The highest BCUT2D eigenvalue weighted by Crippen LogP contribution is 2.22. The lowest BCUT2D eigenvalue weighted by molar-refractivity contribution is 0.826. The Kier molecular flexibility index (Phi) is 3.57. The summed E-state index contributed by atoms with van der Waals surface area (Å²) in [6, 6.07) is 10.5. The molecule has 0 N–H and O–H groups in total. The Labute approximate surface area is 101 Å². The number of nitrogens with zero attached hydrogens (tertiary/aromatic N) is 2. The minimum atomic E-state index is 0.935. The zero-order chi connectivity index (χ0) is 11.4. The Hall–Kier alpha value is -1.35. The van der Waals surface area contributed by atoms with Crippen LogP contribution in [-0.2, 0) is 6.54 Å². The summed E-state index contributed by atoms with van der Waals surface area (Å²) in [4.78, 5) is 7.99. The molecule has 0 amide bonds. The highest BCUT2D eigenvalue weighted by atomic mass is 32.1. The quantitative estimate of drug-likeness (QED) is 0.802. The Bertz CT molecular complexity index is 436. The van der Waals surface area contributed by atoms with Gasteiger partial charge in [0.1, 0.15) is 0 Å². The van der Waals surface area contributed by atoms with E-state index in [1.807, 2.05) is 12.3 Å². The molecule has 0 saturated carbocycles. The second-order valence-corrected chi connectivity index (χ2v) is 4.97. The molecule has 2 aromatic rings. The van der Waals surface area contributed by atoms with Gasteiger partial charge in [0.15, 0.2) is 5.13 Å². The number of aromatic nitrogens is 1. The van der Waals surface area contributed by atoms with Crippen molar-refractivity contribution in [2.75, 3.05) is 11.4 Å². The fourth-order valence-corrected chi connectivity index (χ4v) is 2.43. The standard InChI is InChI=1S/C13H16N2S/c1-3-15(13-14-9-11(2)16-13)10-12-7-5-4-6-8-12/h4-9H,3,10H2,1-2H3. The normalized spacial score (nSPS) is 10.4. The Morgan fingerprint density at radius 1 is 1.25 bits per heavy atom. The zero-order valence-electron chi connectivity index (χ0n) is 9.68. The van der Waals surface area contributed by atoms with Crippen LogP contribution in [0.5, 0.6) is 0 Å². The van der Waals surface area contributed by atoms with Crippen molar-refractivity contribution < 1.29 is 0 Å². The lowest BCUT2D eigenvalue weighted by Gasteiger charge is -2.19. The molecule has 1 aromatic heterocycles. The van der Waals surface area contributed by atoms with Crippen molar-refractivity contribution in [2.24, 2.45) is 0 Å². The molecule has 1 aromatic carbocycles. The molecule has 0 aliphatic heterocycles. The van der Waals surface area contributed by atoms with E-state index >= 15 is 0 Å². The molecule has 0 aliphatic carbocycles. The van der Waals surface area contributed by atoms with Crippen molar-refractivity contribution in [3.8, 4) is 0 Å². The van der Waals surface area contributed by atoms with Gasteiger partial charge in [-0.2, -0.15) is 0 Å². The minimum absolute atomic E-state index is 0.935. The van der Waals surface area contributed by atoms with E-state index in [0.717, 1.165) is 18.2 Å². The maximum absolute atomic E-state index is 4.43. The predicted molar refractivity (Wildman–Crippen MR) is 70.0 cm³/mol. The van der Waals surface area contributed by atoms with Crippen molar-refractivity contribution in [2.45, 2.75) is 20.4 Å². The average molecular weight is 232 g/mol. The summed E-state index contributed by atoms with van der Waals surface area (Å²) in [5.74, 6) is 0. The van der Waals surface area contributed by atoms with E-state index in [2.05, 4.69) is 48.0 Å². The van der Waals surface area contributed by atoms with Crippen molar-refractivity contribution in [1.29, 1.82) is 0 Å². The van der Waals surface area contributed by atoms with Gasteiger partial charge in [0.2, 0.25) is 0 Å². The first-order valence-corrected chi connectivity index (χ1v) is 6.32. The number of benzene rings is 1. The second kappa shape index (κ2) is 5.12. The number of anilines is 1. The van der Waals surface area contributed by atoms with Gasteiger partial charge in [-0.3, -0.25) is 0 Å². The third kappa shape index (κ3) is 2.61. The lowest BCUT2D eigenvalue weighted by Crippen LogP contribution is -2.21. The summed E-state index contributed by atoms with van der Waals surface area (Å²) < 4.78 is 0. The van der Waals surface area contributed by atoms with Crippen molar-refractivity contribution >= 4 is 16.5 Å². The average Bonchev–Trinajstić information content (AvgIpc) is 2.74. The van der Waals surface area contributed by atoms with E-state index in [1.54, 1.807) is 11.3 Å². The van der Waals surface area contributed by atoms with Gasteiger partial charge in [-0.05, 0) is 19.4 Å². The van der Waals surface area contributed by atoms with Gasteiger partial charge in [-0.25, -0.2) is 4.98 Å². The van der Waals surface area contributed by atoms with E-state index in [1.165, 1.54) is 10.4 Å². The largest absolute Gasteiger partial charge is 0.344 e. The fourth-order valence-electron chi connectivity index (χ4n) is 1.61. The highest BCUT2D eigenvalue weighted by molar-refractivity contribution is 7.15. The van der Waals surface area contributed by atoms with Gasteiger partial charge >= 0.3 is 0 Å². The maximum atomic E-state index is 4.43. The Balaban J connectivity index is 2.12. The number of hydrogen-bond acceptors (Lipinski definition) is 3. The molecule has 3 heteroatoms. The molecule has 0 bridgehead atoms. The molecule has 0 spiro atoms. The summed E-state index contributed by atoms with van der Waals surface area (Å²) in [6.45, 7) is 6.18. The van der Waals surface area contributed by atoms with Crippen molar-refractivity contribution in [3.05, 3.63) is 47.0 Å². The summed E-state index contributed by atoms with van der Waals surface area (Å²) in [5.41, 5.74) is 1.33. The molecule has 0 unspecified atom stereocenters. The van der Waals surface area contributed by atoms with Gasteiger partial charge in [-0.15, -0.1) is 11.3 Å². The van der Waals surface area contributed by atoms with E-state index in [9.17, 15) is 0 Å². The van der Waals surface area contributed by atoms with E-state index in [-0.39, 0.29) is 0 Å². The lowest BCUT2D eigenvalue weighted by atomic mass is 10.2. The predicted octanol–water partition coefficient (Wildman–Crippen LogP) is 3.48. The van der Waals surface area contributed by atoms with Gasteiger partial charge in [0.05, 0.1) is 0 Å². The van der Waals surface area contributed by atoms with Crippen LogP contribution in [0.1, 0.15) is 17.4 Å². The molecule has 1 heterocycles. The van der Waals surface area contributed by atoms with Crippen LogP contribution in [0.4, 0.5) is 5.13 Å². The van der Waals surface area contributed by atoms with Crippen LogP contribution < -0.4 is 4.90 Å². The number of rotatable bonds is 4. The molecule has 2 rings (SSSR count). The first-order chi connectivity index (χ1) is 7.79. The number of aryl methyl sites for hydroxylation is 1. The first kappa shape index (κ1) is 11.1. The third-order valence-electron chi connectivity index (χ3n) is 2.48. The highest BCUT2D eigenvalue weighted by Gasteiger charge is 2.08. The molecule has 0 aliphatic rings. The van der Waals surface area contributed by atoms with E-state index in [0.29, 0.717) is 0 Å². The SMILES string of the molecule is CCN(Cc1ccccc1)c1ncc(C)s1. The van der Waals surface area contributed by atoms with Crippen LogP contribution in [0.2, 0.25) is 0 Å². The van der Waals surface area contributed by atoms with Crippen LogP contribution in [0.15, 0.2) is 36.5 Å². The summed E-state index contributed by atoms with van der Waals surface area (Å²) >= 11 is 1.75. The van der Waals surface area contributed by atoms with Gasteiger partial charge < -0.3 is 4.90 Å². The maximum Gasteiger partial charge on any atom is 0.185 e. The van der Waals surface area contributed by atoms with Crippen LogP contribution in [0.3, 0.4) is 0 Å². The first-order valence-electron chi connectivity index (χ1n) is 5.51. The monoisotopic (exact) mass is 232 g/mol. The van der Waals surface area contributed by atoms with Crippen molar-refractivity contribution in [3.63, 3.8) is 0 Å². The molecule has 0 saturated heterocycles. The van der Waals surface area contributed by atoms with E-state index in [4.69, 9.17) is 0 Å². The molecule has 84 valence electrons. The molecule has 0 fully saturated rings. The minimum Gasteiger partial charge on any atom is -0.344 e. The fraction of sp³-hybridized carbons (Fsp3) is 0.308. The van der Waals surface area contributed by atoms with Crippen LogP contribution in [-0.4, -0.2) is 11.5 Å². The topological polar surface area (TPSA) is 16.1 Å². The van der Waals surface area contributed by atoms with Crippen LogP contribution >= 0.6 is 11.3 Å². The van der Waals surface area contributed by atoms with E-state index < -0.39 is 0 Å². The number of hydrogen-bond donors (Lipinski definition) is 0. The van der Waals surface area contributed by atoms with Gasteiger partial charge in [-0.1, -0.05) is 30.3 Å². The smallest absolute Gasteiger partial charge is 0.185 e. The Morgan fingerprint density at radius 2 is 2.00 bits per heavy atom. The molecule has 0 radical (unpaired) electrons. The Morgan fingerprint density at radius 3 is 2.56 bits per heavy atom. The molecule has 2 nitrogen and oxygen atoms in total. The van der Waals surface area contributed by atoms with Crippen LogP contribution in [0.25, 0.3) is 0 Å². The third-order valence-corrected chi connectivity index (χ3v) is 3.45. The summed E-state index contributed by atoms with van der Waals surface area (Å²) in [5, 5.41) is 1.11. The summed E-state index contributed by atoms with van der Waals surface area (Å²) in [6.07, 6.45) is 1.94.